The molecule has 0 bridgehead atoms. The van der Waals surface area contributed by atoms with Crippen molar-refractivity contribution < 1.29 is 14.3 Å². The van der Waals surface area contributed by atoms with Gasteiger partial charge in [0.1, 0.15) is 16.2 Å². The van der Waals surface area contributed by atoms with Gasteiger partial charge in [-0.25, -0.2) is 4.98 Å². The van der Waals surface area contributed by atoms with Gasteiger partial charge in [0, 0.05) is 10.4 Å². The van der Waals surface area contributed by atoms with E-state index in [1.807, 2.05) is 30.3 Å². The molecular formula is C22H18N2O4S. The second kappa shape index (κ2) is 7.89. The van der Waals surface area contributed by atoms with Gasteiger partial charge in [-0.15, -0.1) is 11.3 Å². The SMILES string of the molecule is COc1ccc(C(=O)Cn2cnc3cc(-c4ccc(OC)cc4)sc3c2=O)cc1. The Morgan fingerprint density at radius 2 is 1.62 bits per heavy atom. The minimum Gasteiger partial charge on any atom is -0.497 e. The van der Waals surface area contributed by atoms with Crippen molar-refractivity contribution in [2.45, 2.75) is 6.54 Å². The molecular weight excluding hydrogens is 388 g/mol. The Hall–Kier alpha value is -3.45. The molecule has 4 rings (SSSR count). The van der Waals surface area contributed by atoms with Crippen LogP contribution in [0.5, 0.6) is 11.5 Å². The lowest BCUT2D eigenvalue weighted by Gasteiger charge is -2.05. The number of aromatic nitrogens is 2. The number of fused-ring (bicyclic) bond motifs is 1. The summed E-state index contributed by atoms with van der Waals surface area (Å²) in [4.78, 5) is 30.7. The third-order valence-electron chi connectivity index (χ3n) is 4.60. The topological polar surface area (TPSA) is 70.4 Å². The first-order valence-electron chi connectivity index (χ1n) is 8.89. The number of carbonyl (C=O) groups excluding carboxylic acids is 1. The standard InChI is InChI=1S/C22H18N2O4S/c1-27-16-7-3-14(4-8-16)19(25)12-24-13-23-18-11-20(29-21(18)22(24)26)15-5-9-17(28-2)10-6-15/h3-11,13H,12H2,1-2H3. The van der Waals surface area contributed by atoms with Crippen LogP contribution in [0.2, 0.25) is 0 Å². The lowest BCUT2D eigenvalue weighted by atomic mass is 10.1. The van der Waals surface area contributed by atoms with Crippen LogP contribution in [0.3, 0.4) is 0 Å². The molecule has 0 atom stereocenters. The average molecular weight is 406 g/mol. The van der Waals surface area contributed by atoms with Gasteiger partial charge in [-0.3, -0.25) is 14.2 Å². The first-order valence-corrected chi connectivity index (χ1v) is 9.71. The fraction of sp³-hybridized carbons (Fsp3) is 0.136. The van der Waals surface area contributed by atoms with Gasteiger partial charge in [0.15, 0.2) is 5.78 Å². The molecule has 2 aromatic carbocycles. The Bertz CT molecular complexity index is 1220. The van der Waals surface area contributed by atoms with Crippen LogP contribution < -0.4 is 15.0 Å². The molecule has 146 valence electrons. The minimum atomic E-state index is -0.221. The van der Waals surface area contributed by atoms with Crippen molar-refractivity contribution in [2.75, 3.05) is 14.2 Å². The predicted molar refractivity (Wildman–Crippen MR) is 113 cm³/mol. The Kier molecular flexibility index (Phi) is 5.14. The van der Waals surface area contributed by atoms with Gasteiger partial charge < -0.3 is 9.47 Å². The van der Waals surface area contributed by atoms with Crippen molar-refractivity contribution in [2.24, 2.45) is 0 Å². The predicted octanol–water partition coefficient (Wildman–Crippen LogP) is 4.03. The maximum atomic E-state index is 12.9. The van der Waals surface area contributed by atoms with E-state index in [0.717, 1.165) is 16.2 Å². The number of thiophene rings is 1. The lowest BCUT2D eigenvalue weighted by molar-refractivity contribution is 0.0970. The quantitative estimate of drug-likeness (QED) is 0.452. The van der Waals surface area contributed by atoms with Crippen molar-refractivity contribution in [1.82, 2.24) is 9.55 Å². The smallest absolute Gasteiger partial charge is 0.271 e. The number of benzene rings is 2. The summed E-state index contributed by atoms with van der Waals surface area (Å²) in [6.07, 6.45) is 1.43. The van der Waals surface area contributed by atoms with Crippen LogP contribution in [-0.4, -0.2) is 29.6 Å². The zero-order chi connectivity index (χ0) is 20.4. The number of ether oxygens (including phenoxy) is 2. The summed E-state index contributed by atoms with van der Waals surface area (Å²) in [7, 11) is 3.19. The zero-order valence-electron chi connectivity index (χ0n) is 15.9. The number of hydrogen-bond donors (Lipinski definition) is 0. The number of nitrogens with zero attached hydrogens (tertiary/aromatic N) is 2. The molecule has 29 heavy (non-hydrogen) atoms. The summed E-state index contributed by atoms with van der Waals surface area (Å²) in [6.45, 7) is -0.0656. The van der Waals surface area contributed by atoms with Gasteiger partial charge in [0.05, 0.1) is 32.6 Å². The van der Waals surface area contributed by atoms with Gasteiger partial charge in [-0.1, -0.05) is 0 Å². The molecule has 0 fully saturated rings. The molecule has 0 aliphatic rings. The summed E-state index contributed by atoms with van der Waals surface area (Å²) in [5.41, 5.74) is 1.90. The second-order valence-electron chi connectivity index (χ2n) is 6.38. The largest absolute Gasteiger partial charge is 0.497 e. The Labute approximate surface area is 171 Å². The van der Waals surface area contributed by atoms with Crippen molar-refractivity contribution in [3.8, 4) is 21.9 Å². The van der Waals surface area contributed by atoms with Crippen molar-refractivity contribution in [3.05, 3.63) is 76.8 Å². The van der Waals surface area contributed by atoms with Gasteiger partial charge in [0.2, 0.25) is 0 Å². The zero-order valence-corrected chi connectivity index (χ0v) is 16.7. The normalized spacial score (nSPS) is 10.8. The molecule has 0 amide bonds. The molecule has 0 N–H and O–H groups in total. The summed E-state index contributed by atoms with van der Waals surface area (Å²) >= 11 is 1.37. The lowest BCUT2D eigenvalue weighted by Crippen LogP contribution is -2.24. The van der Waals surface area contributed by atoms with E-state index in [4.69, 9.17) is 9.47 Å². The van der Waals surface area contributed by atoms with Crippen molar-refractivity contribution >= 4 is 27.3 Å². The van der Waals surface area contributed by atoms with E-state index in [2.05, 4.69) is 4.98 Å². The molecule has 6 nitrogen and oxygen atoms in total. The number of ketones is 1. The second-order valence-corrected chi connectivity index (χ2v) is 7.44. The average Bonchev–Trinajstić information content (AvgIpc) is 3.21. The van der Waals surface area contributed by atoms with E-state index in [1.165, 1.54) is 22.2 Å². The van der Waals surface area contributed by atoms with Crippen molar-refractivity contribution in [1.29, 1.82) is 0 Å². The molecule has 2 aromatic heterocycles. The Balaban J connectivity index is 1.63. The van der Waals surface area contributed by atoms with Crippen LogP contribution in [0, 0.1) is 0 Å². The summed E-state index contributed by atoms with van der Waals surface area (Å²) < 4.78 is 12.2. The highest BCUT2D eigenvalue weighted by molar-refractivity contribution is 7.22. The minimum absolute atomic E-state index is 0.0656. The van der Waals surface area contributed by atoms with Crippen LogP contribution in [0.15, 0.2) is 65.7 Å². The van der Waals surface area contributed by atoms with E-state index in [1.54, 1.807) is 38.5 Å². The molecule has 0 radical (unpaired) electrons. The van der Waals surface area contributed by atoms with E-state index in [9.17, 15) is 9.59 Å². The van der Waals surface area contributed by atoms with Crippen LogP contribution in [-0.2, 0) is 6.54 Å². The first-order chi connectivity index (χ1) is 14.1. The van der Waals surface area contributed by atoms with E-state index in [0.29, 0.717) is 21.5 Å². The summed E-state index contributed by atoms with van der Waals surface area (Å²) in [6, 6.07) is 16.3. The van der Waals surface area contributed by atoms with Crippen LogP contribution >= 0.6 is 11.3 Å². The van der Waals surface area contributed by atoms with Crippen LogP contribution in [0.1, 0.15) is 10.4 Å². The van der Waals surface area contributed by atoms with Gasteiger partial charge in [0.25, 0.3) is 5.56 Å². The van der Waals surface area contributed by atoms with Crippen LogP contribution in [0.25, 0.3) is 20.7 Å². The fourth-order valence-corrected chi connectivity index (χ4v) is 4.04. The molecule has 4 aromatic rings. The number of Topliss-reactive ketones (excluding diaryl/α,β-unsaturated/α-hetero) is 1. The molecule has 0 spiro atoms. The molecule has 0 saturated carbocycles. The highest BCUT2D eigenvalue weighted by atomic mass is 32.1. The van der Waals surface area contributed by atoms with Gasteiger partial charge >= 0.3 is 0 Å². The highest BCUT2D eigenvalue weighted by Crippen LogP contribution is 2.31. The van der Waals surface area contributed by atoms with Crippen molar-refractivity contribution in [3.63, 3.8) is 0 Å². The summed E-state index contributed by atoms with van der Waals surface area (Å²) in [5.74, 6) is 1.28. The molecule has 2 heterocycles. The molecule has 7 heteroatoms. The third-order valence-corrected chi connectivity index (χ3v) is 5.77. The van der Waals surface area contributed by atoms with Gasteiger partial charge in [-0.2, -0.15) is 0 Å². The number of carbonyl (C=O) groups is 1. The Morgan fingerprint density at radius 1 is 1.00 bits per heavy atom. The monoisotopic (exact) mass is 406 g/mol. The molecule has 0 aliphatic heterocycles. The number of hydrogen-bond acceptors (Lipinski definition) is 6. The molecule has 0 aliphatic carbocycles. The number of methoxy groups -OCH3 is 2. The maximum Gasteiger partial charge on any atom is 0.271 e. The third kappa shape index (κ3) is 3.77. The van der Waals surface area contributed by atoms with Crippen LogP contribution in [0.4, 0.5) is 0 Å². The highest BCUT2D eigenvalue weighted by Gasteiger charge is 2.13. The maximum absolute atomic E-state index is 12.9. The van der Waals surface area contributed by atoms with E-state index < -0.39 is 0 Å². The summed E-state index contributed by atoms with van der Waals surface area (Å²) in [5, 5.41) is 0. The first kappa shape index (κ1) is 18.9. The van der Waals surface area contributed by atoms with Gasteiger partial charge in [-0.05, 0) is 60.2 Å². The van der Waals surface area contributed by atoms with E-state index >= 15 is 0 Å². The number of rotatable bonds is 6. The fourth-order valence-electron chi connectivity index (χ4n) is 2.98. The molecule has 0 saturated heterocycles. The Morgan fingerprint density at radius 3 is 2.24 bits per heavy atom. The molecule has 0 unspecified atom stereocenters. The van der Waals surface area contributed by atoms with E-state index in [-0.39, 0.29) is 17.9 Å².